The summed E-state index contributed by atoms with van der Waals surface area (Å²) in [6.45, 7) is 8.09. The first-order valence-corrected chi connectivity index (χ1v) is 12.4. The van der Waals surface area contributed by atoms with Gasteiger partial charge in [-0.3, -0.25) is 9.59 Å². The first kappa shape index (κ1) is 22.0. The van der Waals surface area contributed by atoms with E-state index in [-0.39, 0.29) is 30.6 Å². The van der Waals surface area contributed by atoms with Crippen LogP contribution in [-0.2, 0) is 33.3 Å². The fourth-order valence-electron chi connectivity index (χ4n) is 9.63. The number of epoxide rings is 1. The van der Waals surface area contributed by atoms with E-state index in [1.807, 2.05) is 27.7 Å². The molecule has 9 heteroatoms. The molecule has 5 heterocycles. The molecule has 188 valence electrons. The normalized spacial score (nSPS) is 52.7. The van der Waals surface area contributed by atoms with Crippen LogP contribution in [0.1, 0.15) is 58.6 Å². The number of fused-ring (bicyclic) bond motifs is 1. The molecule has 6 fully saturated rings. The molecular formula is C26H30O9. The highest BCUT2D eigenvalue weighted by atomic mass is 16.7. The predicted molar refractivity (Wildman–Crippen MR) is 116 cm³/mol. The number of aliphatic carboxylic acids is 1. The third kappa shape index (κ3) is 2.14. The summed E-state index contributed by atoms with van der Waals surface area (Å²) in [6.07, 6.45) is 1.46. The summed E-state index contributed by atoms with van der Waals surface area (Å²) >= 11 is 0. The summed E-state index contributed by atoms with van der Waals surface area (Å²) < 4.78 is 30.2. The monoisotopic (exact) mass is 486 g/mol. The SMILES string of the molecule is CC1(C)O[C@@H](CC(=O)O)[C@]23CO[C@H](C(=O)[C@]4(C)[C@@H]2CC[C@@]2(C)[C@@H](c5ccoc5)OC(=O)[C@H]5O[C@]524)[C@H]13. The Morgan fingerprint density at radius 1 is 1.14 bits per heavy atom. The molecule has 10 atom stereocenters. The molecule has 0 unspecified atom stereocenters. The summed E-state index contributed by atoms with van der Waals surface area (Å²) in [4.78, 5) is 39.5. The number of carbonyl (C=O) groups is 3. The fourth-order valence-corrected chi connectivity index (χ4v) is 9.63. The van der Waals surface area contributed by atoms with Gasteiger partial charge < -0.3 is 28.5 Å². The lowest BCUT2D eigenvalue weighted by Gasteiger charge is -2.63. The minimum atomic E-state index is -1.07. The molecule has 35 heavy (non-hydrogen) atoms. The molecule has 2 bridgehead atoms. The van der Waals surface area contributed by atoms with Crippen LogP contribution in [0.15, 0.2) is 23.0 Å². The Balaban J connectivity index is 1.42. The first-order chi connectivity index (χ1) is 16.4. The molecule has 9 nitrogen and oxygen atoms in total. The van der Waals surface area contributed by atoms with Gasteiger partial charge in [0.1, 0.15) is 17.8 Å². The van der Waals surface area contributed by atoms with Crippen LogP contribution < -0.4 is 0 Å². The minimum absolute atomic E-state index is 0.0673. The second-order valence-electron chi connectivity index (χ2n) is 12.3. The van der Waals surface area contributed by atoms with Crippen molar-refractivity contribution in [3.05, 3.63) is 24.2 Å². The summed E-state index contributed by atoms with van der Waals surface area (Å²) in [5.74, 6) is -2.00. The second-order valence-corrected chi connectivity index (χ2v) is 12.3. The molecule has 1 aromatic heterocycles. The van der Waals surface area contributed by atoms with Crippen LogP contribution in [0.4, 0.5) is 0 Å². The van der Waals surface area contributed by atoms with Gasteiger partial charge in [-0.1, -0.05) is 6.92 Å². The topological polar surface area (TPSA) is 125 Å². The lowest BCUT2D eigenvalue weighted by molar-refractivity contribution is -0.208. The maximum atomic E-state index is 14.5. The van der Waals surface area contributed by atoms with Gasteiger partial charge in [-0.25, -0.2) is 4.79 Å². The van der Waals surface area contributed by atoms with Crippen LogP contribution in [0.25, 0.3) is 0 Å². The van der Waals surface area contributed by atoms with Gasteiger partial charge in [0.05, 0.1) is 42.7 Å². The quantitative estimate of drug-likeness (QED) is 0.507. The predicted octanol–water partition coefficient (Wildman–Crippen LogP) is 2.67. The number of hydrogen-bond acceptors (Lipinski definition) is 8. The molecule has 1 spiro atoms. The molecule has 0 amide bonds. The highest BCUT2D eigenvalue weighted by Gasteiger charge is 2.91. The van der Waals surface area contributed by atoms with Gasteiger partial charge >= 0.3 is 11.9 Å². The zero-order valence-electron chi connectivity index (χ0n) is 20.2. The van der Waals surface area contributed by atoms with E-state index in [0.717, 1.165) is 5.56 Å². The van der Waals surface area contributed by atoms with Gasteiger partial charge in [0.15, 0.2) is 11.9 Å². The maximum absolute atomic E-state index is 14.5. The van der Waals surface area contributed by atoms with Crippen LogP contribution in [0, 0.1) is 28.1 Å². The van der Waals surface area contributed by atoms with E-state index in [2.05, 4.69) is 0 Å². The summed E-state index contributed by atoms with van der Waals surface area (Å²) in [6, 6.07) is 1.79. The Morgan fingerprint density at radius 3 is 2.60 bits per heavy atom. The Kier molecular flexibility index (Phi) is 3.88. The number of ether oxygens (including phenoxy) is 4. The van der Waals surface area contributed by atoms with E-state index < -0.39 is 63.8 Å². The second kappa shape index (κ2) is 6.18. The Morgan fingerprint density at radius 2 is 1.91 bits per heavy atom. The molecule has 0 radical (unpaired) electrons. The van der Waals surface area contributed by atoms with E-state index in [4.69, 9.17) is 23.4 Å². The van der Waals surface area contributed by atoms with Crippen LogP contribution in [-0.4, -0.2) is 58.9 Å². The van der Waals surface area contributed by atoms with Gasteiger partial charge in [0, 0.05) is 22.3 Å². The van der Waals surface area contributed by atoms with E-state index in [0.29, 0.717) is 12.8 Å². The zero-order valence-corrected chi connectivity index (χ0v) is 20.2. The van der Waals surface area contributed by atoms with Crippen molar-refractivity contribution in [1.29, 1.82) is 0 Å². The lowest BCUT2D eigenvalue weighted by Crippen LogP contribution is -2.73. The summed E-state index contributed by atoms with van der Waals surface area (Å²) in [7, 11) is 0. The molecule has 0 aromatic carbocycles. The average Bonchev–Trinajstić information content (AvgIpc) is 3.09. The van der Waals surface area contributed by atoms with E-state index in [1.165, 1.54) is 0 Å². The standard InChI is InChI=1S/C26H30O9/c1-22(2)17-16-18(29)24(4)13(25(17,11-32-16)14(34-22)9-15(27)28)5-7-23(3)19(12-6-8-31-10-12)33-21(30)20-26(23,24)35-20/h6,8,10,13-14,16-17,19-20H,5,7,9,11H2,1-4H3,(H,27,28)/t13-,14-,16-,17+,19+,20+,23-,24-,25-,26+/m0/s1. The van der Waals surface area contributed by atoms with Crippen LogP contribution in [0.5, 0.6) is 0 Å². The molecule has 4 aliphatic heterocycles. The number of esters is 1. The van der Waals surface area contributed by atoms with Gasteiger partial charge in [0.2, 0.25) is 0 Å². The summed E-state index contributed by atoms with van der Waals surface area (Å²) in [5, 5.41) is 9.75. The first-order valence-electron chi connectivity index (χ1n) is 12.4. The third-order valence-electron chi connectivity index (χ3n) is 10.7. The molecule has 4 saturated heterocycles. The Hall–Kier alpha value is -2.23. The van der Waals surface area contributed by atoms with Crippen molar-refractivity contribution in [2.24, 2.45) is 28.1 Å². The van der Waals surface area contributed by atoms with Crippen molar-refractivity contribution in [3.8, 4) is 0 Å². The van der Waals surface area contributed by atoms with Crippen molar-refractivity contribution in [2.75, 3.05) is 6.61 Å². The molecule has 7 rings (SSSR count). The number of carboxylic acids is 1. The Labute approximate surface area is 202 Å². The number of carbonyl (C=O) groups excluding carboxylic acids is 2. The van der Waals surface area contributed by atoms with Crippen LogP contribution in [0.3, 0.4) is 0 Å². The van der Waals surface area contributed by atoms with Crippen molar-refractivity contribution in [2.45, 2.75) is 82.6 Å². The highest BCUT2D eigenvalue weighted by molar-refractivity contribution is 5.96. The van der Waals surface area contributed by atoms with E-state index in [1.54, 1.807) is 18.6 Å². The van der Waals surface area contributed by atoms with E-state index >= 15 is 0 Å². The molecule has 2 aliphatic carbocycles. The minimum Gasteiger partial charge on any atom is -0.481 e. The van der Waals surface area contributed by atoms with Crippen LogP contribution in [0.2, 0.25) is 0 Å². The number of cyclic esters (lactones) is 1. The number of hydrogen-bond donors (Lipinski definition) is 1. The number of carboxylic acid groups (broad SMARTS) is 1. The molecule has 2 saturated carbocycles. The van der Waals surface area contributed by atoms with Crippen molar-refractivity contribution in [3.63, 3.8) is 0 Å². The average molecular weight is 487 g/mol. The summed E-state index contributed by atoms with van der Waals surface area (Å²) in [5.41, 5.74) is -3.44. The third-order valence-corrected chi connectivity index (χ3v) is 10.7. The fraction of sp³-hybridized carbons (Fsp3) is 0.731. The lowest BCUT2D eigenvalue weighted by atomic mass is 9.37. The van der Waals surface area contributed by atoms with Crippen molar-refractivity contribution in [1.82, 2.24) is 0 Å². The number of rotatable bonds is 3. The van der Waals surface area contributed by atoms with Gasteiger partial charge in [0.25, 0.3) is 0 Å². The van der Waals surface area contributed by atoms with Gasteiger partial charge in [-0.05, 0) is 45.6 Å². The molecular weight excluding hydrogens is 456 g/mol. The smallest absolute Gasteiger partial charge is 0.339 e. The number of furan rings is 1. The number of Topliss-reactive ketones (excluding diaryl/α,β-unsaturated/α-hetero) is 1. The molecule has 1 aromatic rings. The van der Waals surface area contributed by atoms with Crippen molar-refractivity contribution >= 4 is 17.7 Å². The largest absolute Gasteiger partial charge is 0.481 e. The Bertz CT molecular complexity index is 1160. The zero-order chi connectivity index (χ0) is 24.8. The molecule has 6 aliphatic rings. The van der Waals surface area contributed by atoms with E-state index in [9.17, 15) is 19.5 Å². The molecule has 1 N–H and O–H groups in total. The highest BCUT2D eigenvalue weighted by Crippen LogP contribution is 2.80. The van der Waals surface area contributed by atoms with Gasteiger partial charge in [-0.15, -0.1) is 0 Å². The maximum Gasteiger partial charge on any atom is 0.339 e. The number of ketones is 1. The van der Waals surface area contributed by atoms with Crippen molar-refractivity contribution < 1.29 is 42.9 Å². The van der Waals surface area contributed by atoms with Crippen LogP contribution >= 0.6 is 0 Å². The van der Waals surface area contributed by atoms with Gasteiger partial charge in [-0.2, -0.15) is 0 Å².